The van der Waals surface area contributed by atoms with Gasteiger partial charge >= 0.3 is 6.43 Å². The molecule has 2 saturated heterocycles. The highest BCUT2D eigenvalue weighted by Crippen LogP contribution is 2.33. The summed E-state index contributed by atoms with van der Waals surface area (Å²) in [7, 11) is 0. The Morgan fingerprint density at radius 2 is 2.03 bits per heavy atom. The van der Waals surface area contributed by atoms with Gasteiger partial charge < -0.3 is 19.3 Å². The number of likely N-dealkylation sites (tertiary alicyclic amines) is 1. The Bertz CT molecular complexity index is 1110. The molecule has 5 rings (SSSR count). The molecule has 0 spiro atoms. The fourth-order valence-electron chi connectivity index (χ4n) is 4.56. The number of aromatic nitrogens is 3. The van der Waals surface area contributed by atoms with Crippen molar-refractivity contribution >= 4 is 11.6 Å². The fourth-order valence-corrected chi connectivity index (χ4v) is 4.56. The van der Waals surface area contributed by atoms with Crippen LogP contribution in [-0.2, 0) is 4.79 Å². The van der Waals surface area contributed by atoms with Crippen molar-refractivity contribution in [3.05, 3.63) is 60.2 Å². The molecule has 35 heavy (non-hydrogen) atoms. The molecule has 4 heterocycles. The molecule has 8 nitrogen and oxygen atoms in total. The van der Waals surface area contributed by atoms with E-state index in [1.54, 1.807) is 23.2 Å². The Balaban J connectivity index is 0.000000179. The Labute approximate surface area is 202 Å². The number of aliphatic hydroxyl groups is 1. The third-order valence-electron chi connectivity index (χ3n) is 6.36. The number of nitrogens with zero attached hydrogens (tertiary/aromatic N) is 5. The summed E-state index contributed by atoms with van der Waals surface area (Å²) in [6.45, 7) is 4.48. The number of carbonyl (C=O) groups is 1. The number of aliphatic hydroxyl groups excluding tert-OH is 1. The van der Waals surface area contributed by atoms with Crippen molar-refractivity contribution in [1.29, 1.82) is 0 Å². The highest BCUT2D eigenvalue weighted by molar-refractivity contribution is 5.78. The zero-order chi connectivity index (χ0) is 24.8. The van der Waals surface area contributed by atoms with Gasteiger partial charge in [-0.05, 0) is 56.0 Å². The number of pyridine rings is 1. The van der Waals surface area contributed by atoms with Gasteiger partial charge in [0.15, 0.2) is 0 Å². The molecular weight excluding hydrogens is 456 g/mol. The lowest BCUT2D eigenvalue weighted by Crippen LogP contribution is -2.60. The van der Waals surface area contributed by atoms with E-state index in [9.17, 15) is 13.6 Å². The number of hydrogen-bond acceptors (Lipinski definition) is 7. The summed E-state index contributed by atoms with van der Waals surface area (Å²) >= 11 is 0. The van der Waals surface area contributed by atoms with E-state index in [4.69, 9.17) is 9.52 Å². The number of aryl methyl sites for hydroxylation is 1. The number of halogens is 2. The molecule has 186 valence electrons. The average Bonchev–Trinajstić information content (AvgIpc) is 3.35. The predicted octanol–water partition coefficient (Wildman–Crippen LogP) is 3.87. The summed E-state index contributed by atoms with van der Waals surface area (Å²) < 4.78 is 28.9. The maximum atomic E-state index is 12.1. The number of piperidine rings is 1. The lowest BCUT2D eigenvalue weighted by atomic mass is 9.84. The SMILES string of the molecule is Cc1cccc(N2CCCCC2C2CN(C(=O)CO)C2)c1.FC(F)c1nnc(-c2cccnc2)o1. The van der Waals surface area contributed by atoms with Gasteiger partial charge in [-0.3, -0.25) is 9.78 Å². The first-order valence-electron chi connectivity index (χ1n) is 11.7. The van der Waals surface area contributed by atoms with Gasteiger partial charge in [0.2, 0.25) is 11.8 Å². The van der Waals surface area contributed by atoms with Gasteiger partial charge in [-0.1, -0.05) is 12.1 Å². The van der Waals surface area contributed by atoms with Crippen LogP contribution in [0.25, 0.3) is 11.5 Å². The van der Waals surface area contributed by atoms with Crippen molar-refractivity contribution < 1.29 is 23.1 Å². The summed E-state index contributed by atoms with van der Waals surface area (Å²) in [5.74, 6) is -0.220. The first-order valence-corrected chi connectivity index (χ1v) is 11.7. The number of rotatable bonds is 5. The number of amides is 1. The number of hydrogen-bond donors (Lipinski definition) is 1. The summed E-state index contributed by atoms with van der Waals surface area (Å²) in [5, 5.41) is 15.6. The molecule has 2 aliphatic rings. The highest BCUT2D eigenvalue weighted by Gasteiger charge is 2.39. The first-order chi connectivity index (χ1) is 17.0. The molecule has 0 radical (unpaired) electrons. The molecule has 1 N–H and O–H groups in total. The molecule has 1 amide bonds. The third kappa shape index (κ3) is 6.00. The molecule has 10 heteroatoms. The number of anilines is 1. The average molecular weight is 486 g/mol. The topological polar surface area (TPSA) is 95.6 Å². The second kappa shape index (κ2) is 11.4. The lowest BCUT2D eigenvalue weighted by molar-refractivity contribution is -0.141. The molecule has 2 fully saturated rings. The summed E-state index contributed by atoms with van der Waals surface area (Å²) in [6, 6.07) is 12.5. The van der Waals surface area contributed by atoms with Gasteiger partial charge in [-0.25, -0.2) is 0 Å². The van der Waals surface area contributed by atoms with Crippen LogP contribution in [-0.4, -0.2) is 63.4 Å². The summed E-state index contributed by atoms with van der Waals surface area (Å²) in [5.41, 5.74) is 3.13. The Hall–Kier alpha value is -3.40. The van der Waals surface area contributed by atoms with Crippen molar-refractivity contribution in [1.82, 2.24) is 20.1 Å². The zero-order valence-corrected chi connectivity index (χ0v) is 19.6. The lowest BCUT2D eigenvalue weighted by Gasteiger charge is -2.49. The number of benzene rings is 1. The van der Waals surface area contributed by atoms with Crippen LogP contribution >= 0.6 is 0 Å². The van der Waals surface area contributed by atoms with Gasteiger partial charge in [0, 0.05) is 49.7 Å². The second-order valence-electron chi connectivity index (χ2n) is 8.80. The van der Waals surface area contributed by atoms with Crippen LogP contribution in [0.1, 0.15) is 37.1 Å². The maximum Gasteiger partial charge on any atom is 0.314 e. The van der Waals surface area contributed by atoms with Gasteiger partial charge in [0.05, 0.1) is 5.56 Å². The molecule has 1 unspecified atom stereocenters. The zero-order valence-electron chi connectivity index (χ0n) is 19.6. The fraction of sp³-hybridized carbons (Fsp3) is 0.440. The molecule has 0 aliphatic carbocycles. The summed E-state index contributed by atoms with van der Waals surface area (Å²) in [4.78, 5) is 19.6. The highest BCUT2D eigenvalue weighted by atomic mass is 19.3. The standard InChI is InChI=1S/C17H24N2O2.C8H5F2N3O/c1-13-5-4-6-15(9-13)19-8-3-2-7-16(19)14-10-18(11-14)17(21)12-20;9-6(10)8-13-12-7(14-8)5-2-1-3-11-4-5/h4-6,9,14,16,20H,2-3,7-8,10-12H2,1H3;1-4,6H. The van der Waals surface area contributed by atoms with Crippen LogP contribution in [0.5, 0.6) is 0 Å². The van der Waals surface area contributed by atoms with E-state index in [-0.39, 0.29) is 18.4 Å². The van der Waals surface area contributed by atoms with Gasteiger partial charge in [-0.15, -0.1) is 10.2 Å². The van der Waals surface area contributed by atoms with Crippen LogP contribution in [0.3, 0.4) is 0 Å². The van der Waals surface area contributed by atoms with Gasteiger partial charge in [0.25, 0.3) is 5.89 Å². The van der Waals surface area contributed by atoms with Crippen LogP contribution < -0.4 is 4.90 Å². The van der Waals surface area contributed by atoms with Crippen molar-refractivity contribution in [2.24, 2.45) is 5.92 Å². The van der Waals surface area contributed by atoms with E-state index < -0.39 is 12.3 Å². The minimum absolute atomic E-state index is 0.0494. The largest absolute Gasteiger partial charge is 0.415 e. The van der Waals surface area contributed by atoms with E-state index in [0.717, 1.165) is 19.6 Å². The molecular formula is C25H29F2N5O3. The van der Waals surface area contributed by atoms with E-state index in [2.05, 4.69) is 51.3 Å². The monoisotopic (exact) mass is 485 g/mol. The van der Waals surface area contributed by atoms with Gasteiger partial charge in [0.1, 0.15) is 6.61 Å². The van der Waals surface area contributed by atoms with Crippen LogP contribution in [0.4, 0.5) is 14.5 Å². The summed E-state index contributed by atoms with van der Waals surface area (Å²) in [6.07, 6.45) is 4.01. The number of carbonyl (C=O) groups excluding carboxylic acids is 1. The minimum Gasteiger partial charge on any atom is -0.415 e. The van der Waals surface area contributed by atoms with E-state index in [1.165, 1.54) is 36.7 Å². The number of alkyl halides is 2. The van der Waals surface area contributed by atoms with E-state index in [0.29, 0.717) is 17.5 Å². The normalized spacial score (nSPS) is 18.1. The molecule has 0 bridgehead atoms. The van der Waals surface area contributed by atoms with Crippen molar-refractivity contribution in [2.75, 3.05) is 31.1 Å². The Morgan fingerprint density at radius 3 is 2.69 bits per heavy atom. The Kier molecular flexibility index (Phi) is 8.02. The smallest absolute Gasteiger partial charge is 0.314 e. The van der Waals surface area contributed by atoms with E-state index >= 15 is 0 Å². The second-order valence-corrected chi connectivity index (χ2v) is 8.80. The molecule has 1 atom stereocenters. The molecule has 2 aromatic heterocycles. The van der Waals surface area contributed by atoms with E-state index in [1.807, 2.05) is 0 Å². The van der Waals surface area contributed by atoms with Gasteiger partial charge in [-0.2, -0.15) is 8.78 Å². The molecule has 1 aromatic carbocycles. The quantitative estimate of drug-likeness (QED) is 0.586. The molecule has 2 aliphatic heterocycles. The third-order valence-corrected chi connectivity index (χ3v) is 6.36. The first kappa shape index (κ1) is 24.7. The van der Waals surface area contributed by atoms with Crippen LogP contribution in [0, 0.1) is 12.8 Å². The van der Waals surface area contributed by atoms with Crippen LogP contribution in [0.15, 0.2) is 53.2 Å². The Morgan fingerprint density at radius 1 is 1.20 bits per heavy atom. The van der Waals surface area contributed by atoms with Crippen molar-refractivity contribution in [2.45, 2.75) is 38.7 Å². The van der Waals surface area contributed by atoms with Crippen LogP contribution in [0.2, 0.25) is 0 Å². The van der Waals surface area contributed by atoms with Crippen molar-refractivity contribution in [3.8, 4) is 11.5 Å². The predicted molar refractivity (Wildman–Crippen MR) is 126 cm³/mol. The molecule has 0 saturated carbocycles. The molecule has 3 aromatic rings. The van der Waals surface area contributed by atoms with Crippen molar-refractivity contribution in [3.63, 3.8) is 0 Å². The minimum atomic E-state index is -2.74. The maximum absolute atomic E-state index is 12.1.